The van der Waals surface area contributed by atoms with Crippen LogP contribution in [0.3, 0.4) is 0 Å². The van der Waals surface area contributed by atoms with E-state index >= 15 is 0 Å². The number of alkyl halides is 3. The van der Waals surface area contributed by atoms with Gasteiger partial charge >= 0.3 is 12.2 Å². The number of likely N-dealkylation sites (tertiary alicyclic amines) is 1. The second-order valence-electron chi connectivity index (χ2n) is 8.17. The molecule has 5 rings (SSSR count). The molecule has 0 radical (unpaired) electrons. The van der Waals surface area contributed by atoms with E-state index in [1.165, 1.54) is 29.2 Å². The lowest BCUT2D eigenvalue weighted by atomic mass is 9.97. The zero-order valence-corrected chi connectivity index (χ0v) is 17.2. The molecule has 1 unspecified atom stereocenters. The van der Waals surface area contributed by atoms with Crippen molar-refractivity contribution in [2.75, 3.05) is 18.4 Å². The van der Waals surface area contributed by atoms with Gasteiger partial charge in [0.15, 0.2) is 0 Å². The second kappa shape index (κ2) is 7.95. The predicted octanol–water partition coefficient (Wildman–Crippen LogP) is 3.84. The monoisotopic (exact) mass is 445 g/mol. The van der Waals surface area contributed by atoms with Gasteiger partial charge in [-0.25, -0.2) is 9.48 Å². The highest BCUT2D eigenvalue weighted by Gasteiger charge is 2.31. The molecular weight excluding hydrogens is 423 g/mol. The zero-order valence-electron chi connectivity index (χ0n) is 17.2. The van der Waals surface area contributed by atoms with E-state index in [1.54, 1.807) is 4.90 Å². The minimum absolute atomic E-state index is 0.140. The van der Waals surface area contributed by atoms with Gasteiger partial charge in [0.2, 0.25) is 0 Å². The maximum Gasteiger partial charge on any atom is 0.416 e. The highest BCUT2D eigenvalue weighted by molar-refractivity contribution is 5.89. The van der Waals surface area contributed by atoms with Gasteiger partial charge in [-0.3, -0.25) is 0 Å². The summed E-state index contributed by atoms with van der Waals surface area (Å²) in [6.07, 6.45) is 2.32. The number of aromatic nitrogens is 5. The molecule has 0 spiro atoms. The molecule has 32 heavy (non-hydrogen) atoms. The molecule has 0 aliphatic carbocycles. The number of aryl methyl sites for hydroxylation is 1. The molecule has 3 aromatic rings. The molecule has 1 atom stereocenters. The number of nitrogens with one attached hydrogen (secondary N) is 1. The fourth-order valence-corrected chi connectivity index (χ4v) is 4.40. The summed E-state index contributed by atoms with van der Waals surface area (Å²) in [4.78, 5) is 14.6. The van der Waals surface area contributed by atoms with Gasteiger partial charge in [0.1, 0.15) is 11.6 Å². The van der Waals surface area contributed by atoms with Crippen molar-refractivity contribution >= 4 is 11.7 Å². The van der Waals surface area contributed by atoms with Crippen LogP contribution in [0.5, 0.6) is 0 Å². The summed E-state index contributed by atoms with van der Waals surface area (Å²) in [5, 5.41) is 15.5. The molecule has 2 aliphatic rings. The molecule has 4 heterocycles. The number of amides is 2. The summed E-state index contributed by atoms with van der Waals surface area (Å²) in [6.45, 7) is 2.10. The first-order valence-electron chi connectivity index (χ1n) is 10.6. The summed E-state index contributed by atoms with van der Waals surface area (Å²) in [6, 6.07) is 4.62. The molecule has 0 saturated carbocycles. The van der Waals surface area contributed by atoms with E-state index in [2.05, 4.69) is 25.2 Å². The number of carbonyl (C=O) groups is 1. The van der Waals surface area contributed by atoms with Gasteiger partial charge in [-0.05, 0) is 37.5 Å². The lowest BCUT2D eigenvalue weighted by molar-refractivity contribution is -0.137. The lowest BCUT2D eigenvalue weighted by Crippen LogP contribution is -2.42. The third-order valence-corrected chi connectivity index (χ3v) is 5.98. The molecule has 1 N–H and O–H groups in total. The van der Waals surface area contributed by atoms with E-state index < -0.39 is 11.7 Å². The maximum atomic E-state index is 13.0. The minimum Gasteiger partial charge on any atom is -0.324 e. The predicted molar refractivity (Wildman–Crippen MR) is 109 cm³/mol. The molecule has 168 valence electrons. The molecule has 1 saturated heterocycles. The Bertz CT molecular complexity index is 1140. The van der Waals surface area contributed by atoms with E-state index in [9.17, 15) is 18.0 Å². The smallest absolute Gasteiger partial charge is 0.324 e. The van der Waals surface area contributed by atoms with E-state index in [-0.39, 0.29) is 17.6 Å². The summed E-state index contributed by atoms with van der Waals surface area (Å²) in [5.74, 6) is 2.11. The van der Waals surface area contributed by atoms with Gasteiger partial charge in [-0.1, -0.05) is 6.07 Å². The van der Waals surface area contributed by atoms with E-state index in [4.69, 9.17) is 0 Å². The van der Waals surface area contributed by atoms with Gasteiger partial charge in [-0.2, -0.15) is 18.3 Å². The standard InChI is InChI=1S/C21H22F3N7O/c22-21(23,24)15-5-1-6-17(10-15)31-13-16(11-25-31)26-20(32)29-8-2-4-14(12-29)19-28-27-18-7-3-9-30(18)19/h1,5-6,10-11,13-14H,2-4,7-9,12H2,(H,26,32). The number of carbonyl (C=O) groups excluding carboxylic acids is 1. The number of nitrogens with zero attached hydrogens (tertiary/aromatic N) is 6. The number of hydrogen-bond acceptors (Lipinski definition) is 4. The molecule has 2 aliphatic heterocycles. The van der Waals surface area contributed by atoms with Gasteiger partial charge in [-0.15, -0.1) is 10.2 Å². The van der Waals surface area contributed by atoms with Crippen LogP contribution in [-0.4, -0.2) is 48.6 Å². The maximum absolute atomic E-state index is 13.0. The Morgan fingerprint density at radius 2 is 2.03 bits per heavy atom. The average molecular weight is 445 g/mol. The van der Waals surface area contributed by atoms with Gasteiger partial charge in [0, 0.05) is 32.0 Å². The number of benzene rings is 1. The Hall–Kier alpha value is -3.37. The largest absolute Gasteiger partial charge is 0.416 e. The third-order valence-electron chi connectivity index (χ3n) is 5.98. The highest BCUT2D eigenvalue weighted by atomic mass is 19.4. The fraction of sp³-hybridized carbons (Fsp3) is 0.429. The Morgan fingerprint density at radius 3 is 2.88 bits per heavy atom. The summed E-state index contributed by atoms with van der Waals surface area (Å²) < 4.78 is 42.4. The summed E-state index contributed by atoms with van der Waals surface area (Å²) in [7, 11) is 0. The Balaban J connectivity index is 1.26. The first-order valence-corrected chi connectivity index (χ1v) is 10.6. The van der Waals surface area contributed by atoms with Crippen molar-refractivity contribution in [3.63, 3.8) is 0 Å². The van der Waals surface area contributed by atoms with Crippen molar-refractivity contribution in [2.45, 2.75) is 44.3 Å². The van der Waals surface area contributed by atoms with Crippen molar-refractivity contribution in [1.82, 2.24) is 29.4 Å². The van der Waals surface area contributed by atoms with Crippen LogP contribution in [0.1, 0.15) is 42.4 Å². The van der Waals surface area contributed by atoms with Crippen LogP contribution in [-0.2, 0) is 19.1 Å². The Labute approximate surface area is 182 Å². The van der Waals surface area contributed by atoms with Crippen molar-refractivity contribution in [2.24, 2.45) is 0 Å². The van der Waals surface area contributed by atoms with Crippen LogP contribution in [0.4, 0.5) is 23.7 Å². The van der Waals surface area contributed by atoms with Crippen LogP contribution >= 0.6 is 0 Å². The zero-order chi connectivity index (χ0) is 22.3. The number of hydrogen-bond donors (Lipinski definition) is 1. The highest BCUT2D eigenvalue weighted by Crippen LogP contribution is 2.31. The number of halogens is 3. The number of rotatable bonds is 3. The average Bonchev–Trinajstić information content (AvgIpc) is 3.51. The fourth-order valence-electron chi connectivity index (χ4n) is 4.40. The topological polar surface area (TPSA) is 80.9 Å². The minimum atomic E-state index is -4.44. The molecule has 1 fully saturated rings. The third kappa shape index (κ3) is 3.94. The van der Waals surface area contributed by atoms with Gasteiger partial charge in [0.25, 0.3) is 0 Å². The Morgan fingerprint density at radius 1 is 1.16 bits per heavy atom. The quantitative estimate of drug-likeness (QED) is 0.664. The molecule has 2 aromatic heterocycles. The van der Waals surface area contributed by atoms with Crippen LogP contribution in [0.2, 0.25) is 0 Å². The second-order valence-corrected chi connectivity index (χ2v) is 8.17. The molecule has 0 bridgehead atoms. The van der Waals surface area contributed by atoms with Gasteiger partial charge in [0.05, 0.1) is 29.3 Å². The molecule has 2 amide bonds. The van der Waals surface area contributed by atoms with E-state index in [0.717, 1.165) is 56.0 Å². The molecule has 8 nitrogen and oxygen atoms in total. The summed E-state index contributed by atoms with van der Waals surface area (Å²) in [5.41, 5.74) is -0.0765. The number of anilines is 1. The van der Waals surface area contributed by atoms with Crippen molar-refractivity contribution in [3.8, 4) is 5.69 Å². The normalized spacial score (nSPS) is 18.6. The van der Waals surface area contributed by atoms with Crippen LogP contribution in [0.25, 0.3) is 5.69 Å². The van der Waals surface area contributed by atoms with Crippen LogP contribution < -0.4 is 5.32 Å². The van der Waals surface area contributed by atoms with Gasteiger partial charge < -0.3 is 14.8 Å². The Kier molecular flexibility index (Phi) is 5.10. The lowest BCUT2D eigenvalue weighted by Gasteiger charge is -2.32. The van der Waals surface area contributed by atoms with Crippen molar-refractivity contribution in [1.29, 1.82) is 0 Å². The molecular formula is C21H22F3N7O. The molecule has 11 heteroatoms. The first kappa shape index (κ1) is 20.5. The number of urea groups is 1. The van der Waals surface area contributed by atoms with Crippen molar-refractivity contribution in [3.05, 3.63) is 53.9 Å². The van der Waals surface area contributed by atoms with Crippen LogP contribution in [0, 0.1) is 0 Å². The number of piperidine rings is 1. The SMILES string of the molecule is O=C(Nc1cnn(-c2cccc(C(F)(F)F)c2)c1)N1CCCC(c2nnc3n2CCC3)C1. The molecule has 1 aromatic carbocycles. The van der Waals surface area contributed by atoms with Crippen molar-refractivity contribution < 1.29 is 18.0 Å². The summed E-state index contributed by atoms with van der Waals surface area (Å²) >= 11 is 0. The van der Waals surface area contributed by atoms with E-state index in [0.29, 0.717) is 18.8 Å². The number of fused-ring (bicyclic) bond motifs is 1. The van der Waals surface area contributed by atoms with Crippen LogP contribution in [0.15, 0.2) is 36.7 Å². The van der Waals surface area contributed by atoms with E-state index in [1.807, 2.05) is 0 Å². The first-order chi connectivity index (χ1) is 15.4.